The Kier molecular flexibility index (Phi) is 5.55. The topological polar surface area (TPSA) is 131 Å². The maximum absolute atomic E-state index is 12.0. The maximum Gasteiger partial charge on any atom is 0.269 e. The van der Waals surface area contributed by atoms with Crippen molar-refractivity contribution in [3.05, 3.63) is 64.5 Å². The van der Waals surface area contributed by atoms with E-state index in [-0.39, 0.29) is 29.4 Å². The van der Waals surface area contributed by atoms with Crippen molar-refractivity contribution in [2.45, 2.75) is 4.90 Å². The van der Waals surface area contributed by atoms with Crippen molar-refractivity contribution in [2.75, 3.05) is 13.1 Å². The first-order chi connectivity index (χ1) is 11.4. The Morgan fingerprint density at radius 3 is 2.42 bits per heavy atom. The van der Waals surface area contributed by atoms with Crippen LogP contribution in [0.15, 0.2) is 53.6 Å². The molecule has 0 bridgehead atoms. The van der Waals surface area contributed by atoms with Gasteiger partial charge in [-0.2, -0.15) is 0 Å². The van der Waals surface area contributed by atoms with E-state index >= 15 is 0 Å². The molecule has 2 rings (SSSR count). The van der Waals surface area contributed by atoms with E-state index in [0.717, 1.165) is 24.3 Å². The third-order valence-electron chi connectivity index (χ3n) is 2.96. The predicted octanol–water partition coefficient (Wildman–Crippen LogP) is 0.698. The van der Waals surface area contributed by atoms with E-state index in [9.17, 15) is 23.3 Å². The molecule has 9 nitrogen and oxygen atoms in total. The van der Waals surface area contributed by atoms with Crippen molar-refractivity contribution in [1.29, 1.82) is 0 Å². The number of nitro groups is 1. The Morgan fingerprint density at radius 2 is 1.83 bits per heavy atom. The molecule has 0 aliphatic carbocycles. The summed E-state index contributed by atoms with van der Waals surface area (Å²) in [6.07, 6.45) is 1.48. The zero-order valence-electron chi connectivity index (χ0n) is 12.4. The first-order valence-corrected chi connectivity index (χ1v) is 8.32. The van der Waals surface area contributed by atoms with Crippen LogP contribution < -0.4 is 10.0 Å². The molecule has 0 spiro atoms. The van der Waals surface area contributed by atoms with Crippen LogP contribution in [-0.4, -0.2) is 37.3 Å². The summed E-state index contributed by atoms with van der Waals surface area (Å²) >= 11 is 0. The summed E-state index contributed by atoms with van der Waals surface area (Å²) in [5.74, 6) is -0.412. The number of nitro benzene ring substituents is 1. The Balaban J connectivity index is 1.86. The minimum atomic E-state index is -3.80. The highest BCUT2D eigenvalue weighted by Crippen LogP contribution is 2.15. The number of non-ortho nitro benzene ring substituents is 1. The number of benzene rings is 1. The standard InChI is InChI=1S/C14H14N4O5S/c19-14(13-3-1-2-8-15-13)16-9-10-17-24(22,23)12-6-4-11(5-7-12)18(20)21/h1-8,17H,9-10H2,(H,16,19). The van der Waals surface area contributed by atoms with Gasteiger partial charge in [0.1, 0.15) is 5.69 Å². The van der Waals surface area contributed by atoms with Crippen molar-refractivity contribution < 1.29 is 18.1 Å². The van der Waals surface area contributed by atoms with Crippen LogP contribution in [0.4, 0.5) is 5.69 Å². The van der Waals surface area contributed by atoms with E-state index in [1.54, 1.807) is 12.1 Å². The second kappa shape index (κ2) is 7.62. The number of carbonyl (C=O) groups is 1. The molecule has 0 unspecified atom stereocenters. The highest BCUT2D eigenvalue weighted by molar-refractivity contribution is 7.89. The number of amides is 1. The molecule has 0 atom stereocenters. The van der Waals surface area contributed by atoms with Crippen LogP contribution in [-0.2, 0) is 10.0 Å². The summed E-state index contributed by atoms with van der Waals surface area (Å²) in [6.45, 7) is 0.0412. The lowest BCUT2D eigenvalue weighted by Gasteiger charge is -2.07. The lowest BCUT2D eigenvalue weighted by atomic mass is 10.3. The van der Waals surface area contributed by atoms with E-state index < -0.39 is 20.9 Å². The van der Waals surface area contributed by atoms with Gasteiger partial charge in [-0.15, -0.1) is 0 Å². The largest absolute Gasteiger partial charge is 0.349 e. The number of carbonyl (C=O) groups excluding carboxylic acids is 1. The molecule has 126 valence electrons. The van der Waals surface area contributed by atoms with Gasteiger partial charge in [-0.25, -0.2) is 13.1 Å². The van der Waals surface area contributed by atoms with Crippen LogP contribution in [0.3, 0.4) is 0 Å². The third-order valence-corrected chi connectivity index (χ3v) is 4.43. The number of hydrogen-bond acceptors (Lipinski definition) is 6. The Hall–Kier alpha value is -2.85. The van der Waals surface area contributed by atoms with Crippen molar-refractivity contribution in [3.63, 3.8) is 0 Å². The number of nitrogens with zero attached hydrogens (tertiary/aromatic N) is 2. The Morgan fingerprint density at radius 1 is 1.12 bits per heavy atom. The second-order valence-electron chi connectivity index (χ2n) is 4.62. The number of sulfonamides is 1. The van der Waals surface area contributed by atoms with Gasteiger partial charge in [0, 0.05) is 31.4 Å². The molecule has 0 fully saturated rings. The maximum atomic E-state index is 12.0. The summed E-state index contributed by atoms with van der Waals surface area (Å²) in [5.41, 5.74) is 0.0345. The zero-order chi connectivity index (χ0) is 17.6. The summed E-state index contributed by atoms with van der Waals surface area (Å²) in [4.78, 5) is 25.4. The summed E-state index contributed by atoms with van der Waals surface area (Å²) in [7, 11) is -3.80. The molecule has 0 saturated carbocycles. The number of pyridine rings is 1. The molecule has 10 heteroatoms. The van der Waals surface area contributed by atoms with Gasteiger partial charge in [0.05, 0.1) is 9.82 Å². The molecule has 0 aliphatic rings. The van der Waals surface area contributed by atoms with Gasteiger partial charge in [-0.05, 0) is 24.3 Å². The zero-order valence-corrected chi connectivity index (χ0v) is 13.2. The minimum absolute atomic E-state index is 0.0299. The summed E-state index contributed by atoms with van der Waals surface area (Å²) < 4.78 is 26.3. The molecular weight excluding hydrogens is 336 g/mol. The van der Waals surface area contributed by atoms with Crippen LogP contribution in [0.25, 0.3) is 0 Å². The number of nitrogens with one attached hydrogen (secondary N) is 2. The van der Waals surface area contributed by atoms with Gasteiger partial charge in [-0.3, -0.25) is 19.9 Å². The Bertz CT molecular complexity index is 822. The first kappa shape index (κ1) is 17.5. The SMILES string of the molecule is O=C(NCCNS(=O)(=O)c1ccc([N+](=O)[O-])cc1)c1ccccn1. The summed E-state index contributed by atoms with van der Waals surface area (Å²) in [5, 5.41) is 13.1. The first-order valence-electron chi connectivity index (χ1n) is 6.83. The summed E-state index contributed by atoms with van der Waals surface area (Å²) in [6, 6.07) is 9.39. The van der Waals surface area contributed by atoms with Crippen molar-refractivity contribution >= 4 is 21.6 Å². The monoisotopic (exact) mass is 350 g/mol. The quantitative estimate of drug-likeness (QED) is 0.429. The average Bonchev–Trinajstić information content (AvgIpc) is 2.59. The Labute approximate surface area is 137 Å². The van der Waals surface area contributed by atoms with Crippen LogP contribution in [0.5, 0.6) is 0 Å². The molecule has 1 aromatic heterocycles. The van der Waals surface area contributed by atoms with Crippen molar-refractivity contribution in [1.82, 2.24) is 15.0 Å². The van der Waals surface area contributed by atoms with Gasteiger partial charge in [0.25, 0.3) is 11.6 Å². The van der Waals surface area contributed by atoms with E-state index in [1.165, 1.54) is 12.3 Å². The van der Waals surface area contributed by atoms with Gasteiger partial charge < -0.3 is 5.32 Å². The van der Waals surface area contributed by atoms with E-state index in [2.05, 4.69) is 15.0 Å². The van der Waals surface area contributed by atoms with Crippen molar-refractivity contribution in [2.24, 2.45) is 0 Å². The van der Waals surface area contributed by atoms with Gasteiger partial charge in [0.15, 0.2) is 0 Å². The predicted molar refractivity (Wildman–Crippen MR) is 84.9 cm³/mol. The number of aromatic nitrogens is 1. The lowest BCUT2D eigenvalue weighted by Crippen LogP contribution is -2.35. The van der Waals surface area contributed by atoms with E-state index in [0.29, 0.717) is 0 Å². The highest BCUT2D eigenvalue weighted by Gasteiger charge is 2.15. The fraction of sp³-hybridized carbons (Fsp3) is 0.143. The molecule has 0 saturated heterocycles. The second-order valence-corrected chi connectivity index (χ2v) is 6.39. The molecule has 1 aromatic carbocycles. The molecule has 1 heterocycles. The highest BCUT2D eigenvalue weighted by atomic mass is 32.2. The third kappa shape index (κ3) is 4.57. The molecule has 0 radical (unpaired) electrons. The lowest BCUT2D eigenvalue weighted by molar-refractivity contribution is -0.384. The van der Waals surface area contributed by atoms with Gasteiger partial charge in [-0.1, -0.05) is 6.07 Å². The van der Waals surface area contributed by atoms with E-state index in [4.69, 9.17) is 0 Å². The van der Waals surface area contributed by atoms with Crippen LogP contribution in [0, 0.1) is 10.1 Å². The van der Waals surface area contributed by atoms with Crippen LogP contribution >= 0.6 is 0 Å². The normalized spacial score (nSPS) is 11.0. The number of rotatable bonds is 7. The molecule has 0 aliphatic heterocycles. The van der Waals surface area contributed by atoms with E-state index in [1.807, 2.05) is 0 Å². The molecule has 1 amide bonds. The van der Waals surface area contributed by atoms with Crippen LogP contribution in [0.1, 0.15) is 10.5 Å². The van der Waals surface area contributed by atoms with Gasteiger partial charge >= 0.3 is 0 Å². The van der Waals surface area contributed by atoms with Gasteiger partial charge in [0.2, 0.25) is 10.0 Å². The molecule has 2 N–H and O–H groups in total. The van der Waals surface area contributed by atoms with Crippen LogP contribution in [0.2, 0.25) is 0 Å². The molecule has 2 aromatic rings. The van der Waals surface area contributed by atoms with Crippen molar-refractivity contribution in [3.8, 4) is 0 Å². The minimum Gasteiger partial charge on any atom is -0.349 e. The molecule has 24 heavy (non-hydrogen) atoms. The molecular formula is C14H14N4O5S. The number of hydrogen-bond donors (Lipinski definition) is 2. The fourth-order valence-corrected chi connectivity index (χ4v) is 2.81. The fourth-order valence-electron chi connectivity index (χ4n) is 1.78. The smallest absolute Gasteiger partial charge is 0.269 e. The average molecular weight is 350 g/mol.